The lowest BCUT2D eigenvalue weighted by Gasteiger charge is -2.25. The van der Waals surface area contributed by atoms with Crippen molar-refractivity contribution >= 4 is 17.6 Å². The number of hydrogen-bond donors (Lipinski definition) is 2. The van der Waals surface area contributed by atoms with Gasteiger partial charge in [-0.05, 0) is 17.5 Å². The maximum atomic E-state index is 12.5. The number of fused-ring (bicyclic) bond motifs is 1. The van der Waals surface area contributed by atoms with E-state index in [9.17, 15) is 9.59 Å². The van der Waals surface area contributed by atoms with Gasteiger partial charge >= 0.3 is 5.97 Å². The Morgan fingerprint density at radius 1 is 1.40 bits per heavy atom. The molecule has 2 N–H and O–H groups in total. The highest BCUT2D eigenvalue weighted by atomic mass is 16.4. The number of rotatable bonds is 5. The van der Waals surface area contributed by atoms with Crippen LogP contribution < -0.4 is 5.32 Å². The summed E-state index contributed by atoms with van der Waals surface area (Å²) in [4.78, 5) is 24.8. The normalized spacial score (nSPS) is 16.6. The van der Waals surface area contributed by atoms with Crippen LogP contribution in [0.1, 0.15) is 19.4 Å². The molecule has 1 aliphatic rings. The largest absolute Gasteiger partial charge is 0.480 e. The number of nitrogens with zero attached hydrogens (tertiary/aromatic N) is 1. The Balaban J connectivity index is 2.07. The maximum absolute atomic E-state index is 12.5. The molecule has 0 saturated carbocycles. The first-order valence-electron chi connectivity index (χ1n) is 6.82. The second kappa shape index (κ2) is 5.94. The van der Waals surface area contributed by atoms with Gasteiger partial charge < -0.3 is 15.3 Å². The first-order valence-corrected chi connectivity index (χ1v) is 6.82. The first-order chi connectivity index (χ1) is 9.47. The highest BCUT2D eigenvalue weighted by Gasteiger charge is 2.31. The molecule has 5 heteroatoms. The number of amides is 1. The van der Waals surface area contributed by atoms with E-state index in [-0.39, 0.29) is 24.4 Å². The number of benzene rings is 1. The fourth-order valence-corrected chi connectivity index (χ4v) is 2.50. The van der Waals surface area contributed by atoms with Crippen LogP contribution in [0, 0.1) is 5.92 Å². The molecule has 0 aromatic heterocycles. The van der Waals surface area contributed by atoms with Gasteiger partial charge in [-0.3, -0.25) is 9.59 Å². The first kappa shape index (κ1) is 14.4. The van der Waals surface area contributed by atoms with Crippen molar-refractivity contribution in [2.45, 2.75) is 26.3 Å². The van der Waals surface area contributed by atoms with Crippen LogP contribution in [-0.2, 0) is 16.0 Å². The quantitative estimate of drug-likeness (QED) is 0.857. The molecule has 1 heterocycles. The van der Waals surface area contributed by atoms with Crippen LogP contribution in [0.2, 0.25) is 0 Å². The molecule has 5 nitrogen and oxygen atoms in total. The number of carbonyl (C=O) groups excluding carboxylic acids is 1. The molecule has 1 amide bonds. The maximum Gasteiger partial charge on any atom is 0.323 e. The minimum absolute atomic E-state index is 0.141. The molecule has 0 fully saturated rings. The zero-order chi connectivity index (χ0) is 14.7. The lowest BCUT2D eigenvalue weighted by atomic mass is 10.1. The Labute approximate surface area is 118 Å². The Morgan fingerprint density at radius 3 is 2.70 bits per heavy atom. The number of carboxylic acids is 1. The number of aliphatic carboxylic acids is 1. The van der Waals surface area contributed by atoms with Crippen LogP contribution in [0.5, 0.6) is 0 Å². The van der Waals surface area contributed by atoms with E-state index in [4.69, 9.17) is 5.11 Å². The van der Waals surface area contributed by atoms with Gasteiger partial charge in [0.1, 0.15) is 12.6 Å². The summed E-state index contributed by atoms with van der Waals surface area (Å²) in [7, 11) is 0. The van der Waals surface area contributed by atoms with E-state index in [0.29, 0.717) is 13.0 Å². The fraction of sp³-hybridized carbons (Fsp3) is 0.467. The van der Waals surface area contributed by atoms with Crippen molar-refractivity contribution in [3.63, 3.8) is 0 Å². The lowest BCUT2D eigenvalue weighted by molar-refractivity contribution is -0.145. The van der Waals surface area contributed by atoms with Crippen molar-refractivity contribution in [3.05, 3.63) is 29.8 Å². The zero-order valence-electron chi connectivity index (χ0n) is 11.8. The second-order valence-electron chi connectivity index (χ2n) is 5.56. The molecular formula is C15H20N2O3. The van der Waals surface area contributed by atoms with Crippen LogP contribution >= 0.6 is 0 Å². The van der Waals surface area contributed by atoms with Crippen molar-refractivity contribution in [1.29, 1.82) is 0 Å². The number of anilines is 1. The lowest BCUT2D eigenvalue weighted by Crippen LogP contribution is -2.46. The summed E-state index contributed by atoms with van der Waals surface area (Å²) < 4.78 is 0. The predicted molar refractivity (Wildman–Crippen MR) is 76.6 cm³/mol. The third-order valence-corrected chi connectivity index (χ3v) is 3.29. The minimum Gasteiger partial charge on any atom is -0.480 e. The summed E-state index contributed by atoms with van der Waals surface area (Å²) in [5.74, 6) is -0.881. The Hall–Kier alpha value is -2.04. The Morgan fingerprint density at radius 2 is 2.10 bits per heavy atom. The van der Waals surface area contributed by atoms with Gasteiger partial charge in [0.05, 0.1) is 0 Å². The SMILES string of the molecule is CC(C)CN(CC(=O)O)C(=O)[C@@H]1Cc2ccccc2N1. The van der Waals surface area contributed by atoms with Crippen molar-refractivity contribution < 1.29 is 14.7 Å². The summed E-state index contributed by atoms with van der Waals surface area (Å²) in [5, 5.41) is 12.1. The van der Waals surface area contributed by atoms with Crippen molar-refractivity contribution in [3.8, 4) is 0 Å². The molecular weight excluding hydrogens is 256 g/mol. The van der Waals surface area contributed by atoms with Gasteiger partial charge in [-0.25, -0.2) is 0 Å². The van der Waals surface area contributed by atoms with Crippen LogP contribution in [0.15, 0.2) is 24.3 Å². The molecule has 1 aromatic carbocycles. The van der Waals surface area contributed by atoms with E-state index in [0.717, 1.165) is 11.3 Å². The van der Waals surface area contributed by atoms with E-state index in [1.54, 1.807) is 0 Å². The van der Waals surface area contributed by atoms with Gasteiger partial charge in [0.25, 0.3) is 0 Å². The molecule has 1 atom stereocenters. The Bertz CT molecular complexity index is 489. The van der Waals surface area contributed by atoms with Crippen molar-refractivity contribution in [1.82, 2.24) is 4.90 Å². The highest BCUT2D eigenvalue weighted by Crippen LogP contribution is 2.26. The summed E-state index contributed by atoms with van der Waals surface area (Å²) in [6.07, 6.45) is 0.614. The van der Waals surface area contributed by atoms with Crippen LogP contribution in [-0.4, -0.2) is 41.0 Å². The average Bonchev–Trinajstić information content (AvgIpc) is 2.79. The van der Waals surface area contributed by atoms with E-state index < -0.39 is 5.97 Å². The molecule has 0 spiro atoms. The summed E-state index contributed by atoms with van der Waals surface area (Å²) >= 11 is 0. The smallest absolute Gasteiger partial charge is 0.323 e. The standard InChI is InChI=1S/C15H20N2O3/c1-10(2)8-17(9-14(18)19)15(20)13-7-11-5-3-4-6-12(11)16-13/h3-6,10,13,16H,7-9H2,1-2H3,(H,18,19)/t13-/m0/s1. The fourth-order valence-electron chi connectivity index (χ4n) is 2.50. The molecule has 1 aliphatic heterocycles. The number of carboxylic acid groups (broad SMARTS) is 1. The van der Waals surface area contributed by atoms with Gasteiger partial charge in [0, 0.05) is 18.7 Å². The second-order valence-corrected chi connectivity index (χ2v) is 5.56. The molecule has 0 aliphatic carbocycles. The Kier molecular flexibility index (Phi) is 4.27. The molecule has 0 radical (unpaired) electrons. The summed E-state index contributed by atoms with van der Waals surface area (Å²) in [6.45, 7) is 4.16. The average molecular weight is 276 g/mol. The third-order valence-electron chi connectivity index (χ3n) is 3.29. The molecule has 0 saturated heterocycles. The van der Waals surface area contributed by atoms with Crippen molar-refractivity contribution in [2.75, 3.05) is 18.4 Å². The van der Waals surface area contributed by atoms with Gasteiger partial charge in [-0.1, -0.05) is 32.0 Å². The van der Waals surface area contributed by atoms with Crippen LogP contribution in [0.4, 0.5) is 5.69 Å². The summed E-state index contributed by atoms with van der Waals surface area (Å²) in [5.41, 5.74) is 2.07. The van der Waals surface area contributed by atoms with Crippen LogP contribution in [0.25, 0.3) is 0 Å². The van der Waals surface area contributed by atoms with E-state index >= 15 is 0 Å². The third kappa shape index (κ3) is 3.29. The number of nitrogens with one attached hydrogen (secondary N) is 1. The zero-order valence-corrected chi connectivity index (χ0v) is 11.8. The van der Waals surface area contributed by atoms with E-state index in [2.05, 4.69) is 5.32 Å². The number of carbonyl (C=O) groups is 2. The topological polar surface area (TPSA) is 69.6 Å². The van der Waals surface area contributed by atoms with Crippen molar-refractivity contribution in [2.24, 2.45) is 5.92 Å². The molecule has 2 rings (SSSR count). The summed E-state index contributed by atoms with van der Waals surface area (Å²) in [6, 6.07) is 7.43. The molecule has 0 unspecified atom stereocenters. The van der Waals surface area contributed by atoms with Gasteiger partial charge in [-0.15, -0.1) is 0 Å². The molecule has 108 valence electrons. The minimum atomic E-state index is -0.977. The number of para-hydroxylation sites is 1. The predicted octanol–water partition coefficient (Wildman–Crippen LogP) is 1.59. The van der Waals surface area contributed by atoms with E-state index in [1.807, 2.05) is 38.1 Å². The van der Waals surface area contributed by atoms with E-state index in [1.165, 1.54) is 4.90 Å². The monoisotopic (exact) mass is 276 g/mol. The van der Waals surface area contributed by atoms with Gasteiger partial charge in [-0.2, -0.15) is 0 Å². The van der Waals surface area contributed by atoms with Gasteiger partial charge in [0.2, 0.25) is 5.91 Å². The van der Waals surface area contributed by atoms with Gasteiger partial charge in [0.15, 0.2) is 0 Å². The molecule has 1 aromatic rings. The van der Waals surface area contributed by atoms with Crippen LogP contribution in [0.3, 0.4) is 0 Å². The molecule has 20 heavy (non-hydrogen) atoms. The molecule has 0 bridgehead atoms. The highest BCUT2D eigenvalue weighted by molar-refractivity contribution is 5.89. The number of hydrogen-bond acceptors (Lipinski definition) is 3.